The molecule has 0 unspecified atom stereocenters. The summed E-state index contributed by atoms with van der Waals surface area (Å²) in [5, 5.41) is 13.6. The third kappa shape index (κ3) is 6.21. The molecule has 2 aromatic carbocycles. The molecule has 0 spiro atoms. The number of hydrogen-bond donors (Lipinski definition) is 3. The molecule has 0 bridgehead atoms. The Hall–Kier alpha value is -2.16. The number of nitrogens with zero attached hydrogens (tertiary/aromatic N) is 2. The van der Waals surface area contributed by atoms with Crippen LogP contribution in [0.1, 0.15) is 19.3 Å². The van der Waals surface area contributed by atoms with Gasteiger partial charge in [-0.25, -0.2) is 0 Å². The molecule has 32 heavy (non-hydrogen) atoms. The zero-order valence-corrected chi connectivity index (χ0v) is 20.8. The molecule has 166 valence electrons. The third-order valence-electron chi connectivity index (χ3n) is 5.35. The fourth-order valence-corrected chi connectivity index (χ4v) is 4.35. The van der Waals surface area contributed by atoms with Crippen LogP contribution in [0.5, 0.6) is 0 Å². The Kier molecular flexibility index (Phi) is 8.36. The first-order valence-electron chi connectivity index (χ1n) is 11.0. The van der Waals surface area contributed by atoms with Crippen molar-refractivity contribution in [3.05, 3.63) is 69.5 Å². The molecule has 0 atom stereocenters. The molecular weight excluding hydrogens is 533 g/mol. The largest absolute Gasteiger partial charge is 0.384 e. The first kappa shape index (κ1) is 23.0. The van der Waals surface area contributed by atoms with Crippen LogP contribution in [0.25, 0.3) is 21.8 Å². The van der Waals surface area contributed by atoms with E-state index in [1.54, 1.807) is 0 Å². The average molecular weight is 560 g/mol. The van der Waals surface area contributed by atoms with Crippen molar-refractivity contribution in [2.24, 2.45) is 0 Å². The van der Waals surface area contributed by atoms with Gasteiger partial charge in [0.15, 0.2) is 0 Å². The number of fused-ring (bicyclic) bond motifs is 2. The van der Waals surface area contributed by atoms with E-state index in [1.165, 1.54) is 8.96 Å². The van der Waals surface area contributed by atoms with Gasteiger partial charge in [0.2, 0.25) is 0 Å². The number of unbranched alkanes of at least 4 members (excludes halogenated alkanes) is 1. The third-order valence-corrected chi connectivity index (χ3v) is 6.26. The smallest absolute Gasteiger partial charge is 0.0737 e. The molecule has 0 saturated carbocycles. The summed E-state index contributed by atoms with van der Waals surface area (Å²) in [6.45, 7) is 3.93. The maximum absolute atomic E-state index is 6.06. The van der Waals surface area contributed by atoms with Crippen LogP contribution in [-0.4, -0.2) is 36.1 Å². The summed E-state index contributed by atoms with van der Waals surface area (Å²) in [5.74, 6) is 0. The average Bonchev–Trinajstić information content (AvgIpc) is 2.80. The first-order chi connectivity index (χ1) is 15.7. The van der Waals surface area contributed by atoms with Gasteiger partial charge in [-0.2, -0.15) is 0 Å². The van der Waals surface area contributed by atoms with Crippen molar-refractivity contribution in [1.29, 1.82) is 0 Å². The van der Waals surface area contributed by atoms with Crippen molar-refractivity contribution in [3.63, 3.8) is 0 Å². The van der Waals surface area contributed by atoms with Gasteiger partial charge in [-0.15, -0.1) is 0 Å². The predicted octanol–water partition coefficient (Wildman–Crippen LogP) is 6.32. The van der Waals surface area contributed by atoms with Gasteiger partial charge in [-0.1, -0.05) is 11.6 Å². The molecule has 0 aliphatic rings. The molecule has 0 radical (unpaired) electrons. The topological polar surface area (TPSA) is 61.9 Å². The van der Waals surface area contributed by atoms with Gasteiger partial charge in [-0.05, 0) is 103 Å². The standard InChI is InChI=1S/C25H27ClIN5/c26-18-4-6-20-22(8-14-31-24(20)16-18)29-12-2-1-10-28-11-3-13-30-23-9-15-32-25-17-19(27)5-7-21(23)25/h4-9,14-17,28H,1-3,10-13H2,(H,29,31)(H,30,32). The number of hydrogen-bond acceptors (Lipinski definition) is 5. The summed E-state index contributed by atoms with van der Waals surface area (Å²) >= 11 is 8.39. The number of anilines is 2. The lowest BCUT2D eigenvalue weighted by Crippen LogP contribution is -2.20. The van der Waals surface area contributed by atoms with E-state index < -0.39 is 0 Å². The van der Waals surface area contributed by atoms with E-state index in [0.29, 0.717) is 5.02 Å². The molecule has 2 aromatic heterocycles. The number of pyridine rings is 2. The Bertz CT molecular complexity index is 1090. The highest BCUT2D eigenvalue weighted by Gasteiger charge is 2.03. The Morgan fingerprint density at radius 2 is 1.28 bits per heavy atom. The lowest BCUT2D eigenvalue weighted by molar-refractivity contribution is 0.619. The summed E-state index contributed by atoms with van der Waals surface area (Å²) in [6.07, 6.45) is 7.04. The minimum Gasteiger partial charge on any atom is -0.384 e. The molecule has 0 aliphatic carbocycles. The molecule has 0 saturated heterocycles. The second kappa shape index (κ2) is 11.6. The molecule has 5 nitrogen and oxygen atoms in total. The summed E-state index contributed by atoms with van der Waals surface area (Å²) in [7, 11) is 0. The van der Waals surface area contributed by atoms with Crippen molar-refractivity contribution in [2.75, 3.05) is 36.8 Å². The zero-order chi connectivity index (χ0) is 22.2. The molecule has 2 heterocycles. The number of nitrogens with one attached hydrogen (secondary N) is 3. The lowest BCUT2D eigenvalue weighted by atomic mass is 10.2. The first-order valence-corrected chi connectivity index (χ1v) is 12.4. The summed E-state index contributed by atoms with van der Waals surface area (Å²) in [6, 6.07) is 16.3. The Labute approximate surface area is 207 Å². The molecule has 4 rings (SSSR count). The number of aromatic nitrogens is 2. The Morgan fingerprint density at radius 3 is 2.03 bits per heavy atom. The highest BCUT2D eigenvalue weighted by molar-refractivity contribution is 14.1. The van der Waals surface area contributed by atoms with Crippen LogP contribution in [0.2, 0.25) is 5.02 Å². The highest BCUT2D eigenvalue weighted by atomic mass is 127. The molecular formula is C25H27ClIN5. The van der Waals surface area contributed by atoms with Gasteiger partial charge in [0.1, 0.15) is 0 Å². The summed E-state index contributed by atoms with van der Waals surface area (Å²) in [4.78, 5) is 8.85. The van der Waals surface area contributed by atoms with Crippen molar-refractivity contribution in [2.45, 2.75) is 19.3 Å². The lowest BCUT2D eigenvalue weighted by Gasteiger charge is -2.11. The van der Waals surface area contributed by atoms with E-state index in [0.717, 1.165) is 73.2 Å². The van der Waals surface area contributed by atoms with Crippen molar-refractivity contribution < 1.29 is 0 Å². The van der Waals surface area contributed by atoms with Gasteiger partial charge in [0, 0.05) is 56.2 Å². The maximum Gasteiger partial charge on any atom is 0.0737 e. The van der Waals surface area contributed by atoms with E-state index in [1.807, 2.05) is 36.7 Å². The maximum atomic E-state index is 6.06. The minimum absolute atomic E-state index is 0.715. The van der Waals surface area contributed by atoms with Gasteiger partial charge < -0.3 is 16.0 Å². The fourth-order valence-electron chi connectivity index (χ4n) is 3.71. The highest BCUT2D eigenvalue weighted by Crippen LogP contribution is 2.24. The van der Waals surface area contributed by atoms with Gasteiger partial charge in [-0.3, -0.25) is 9.97 Å². The van der Waals surface area contributed by atoms with Crippen LogP contribution in [0.15, 0.2) is 60.9 Å². The number of benzene rings is 2. The summed E-state index contributed by atoms with van der Waals surface area (Å²) in [5.41, 5.74) is 4.23. The minimum atomic E-state index is 0.715. The van der Waals surface area contributed by atoms with Crippen LogP contribution in [0.3, 0.4) is 0 Å². The Morgan fingerprint density at radius 1 is 0.688 bits per heavy atom. The number of halogens is 2. The molecule has 4 aromatic rings. The van der Waals surface area contributed by atoms with Crippen LogP contribution >= 0.6 is 34.2 Å². The van der Waals surface area contributed by atoms with Crippen LogP contribution in [0.4, 0.5) is 11.4 Å². The molecule has 0 fully saturated rings. The van der Waals surface area contributed by atoms with E-state index in [-0.39, 0.29) is 0 Å². The second-order valence-electron chi connectivity index (χ2n) is 7.70. The fraction of sp³-hybridized carbons (Fsp3) is 0.280. The van der Waals surface area contributed by atoms with E-state index >= 15 is 0 Å². The van der Waals surface area contributed by atoms with Crippen molar-refractivity contribution in [1.82, 2.24) is 15.3 Å². The van der Waals surface area contributed by atoms with Crippen molar-refractivity contribution in [3.8, 4) is 0 Å². The Balaban J connectivity index is 1.10. The molecule has 0 aliphatic heterocycles. The van der Waals surface area contributed by atoms with Gasteiger partial charge >= 0.3 is 0 Å². The summed E-state index contributed by atoms with van der Waals surface area (Å²) < 4.78 is 1.21. The van der Waals surface area contributed by atoms with Crippen LogP contribution < -0.4 is 16.0 Å². The normalized spacial score (nSPS) is 11.2. The zero-order valence-electron chi connectivity index (χ0n) is 17.9. The van der Waals surface area contributed by atoms with E-state index in [2.05, 4.69) is 72.8 Å². The molecule has 0 amide bonds. The van der Waals surface area contributed by atoms with E-state index in [4.69, 9.17) is 11.6 Å². The molecule has 7 heteroatoms. The van der Waals surface area contributed by atoms with Gasteiger partial charge in [0.25, 0.3) is 0 Å². The predicted molar refractivity (Wildman–Crippen MR) is 145 cm³/mol. The quantitative estimate of drug-likeness (QED) is 0.148. The number of rotatable bonds is 11. The van der Waals surface area contributed by atoms with E-state index in [9.17, 15) is 0 Å². The second-order valence-corrected chi connectivity index (χ2v) is 9.39. The monoisotopic (exact) mass is 559 g/mol. The van der Waals surface area contributed by atoms with Crippen LogP contribution in [0, 0.1) is 3.57 Å². The molecule has 3 N–H and O–H groups in total. The van der Waals surface area contributed by atoms with Gasteiger partial charge in [0.05, 0.1) is 11.0 Å². The SMILES string of the molecule is Clc1ccc2c(NCCCCNCCCNc3ccnc4cc(I)ccc34)ccnc2c1. The van der Waals surface area contributed by atoms with Crippen molar-refractivity contribution >= 4 is 67.4 Å². The van der Waals surface area contributed by atoms with Crippen LogP contribution in [-0.2, 0) is 0 Å².